The van der Waals surface area contributed by atoms with E-state index in [9.17, 15) is 4.79 Å². The number of hydrogen-bond donors (Lipinski definition) is 1. The number of benzene rings is 2. The van der Waals surface area contributed by atoms with Gasteiger partial charge in [-0.15, -0.1) is 0 Å². The highest BCUT2D eigenvalue weighted by atomic mass is 16.3. The highest BCUT2D eigenvalue weighted by Gasteiger charge is 2.11. The molecule has 0 atom stereocenters. The van der Waals surface area contributed by atoms with Crippen LogP contribution in [0.5, 0.6) is 0 Å². The Morgan fingerprint density at radius 2 is 1.95 bits per heavy atom. The van der Waals surface area contributed by atoms with Gasteiger partial charge in [0.05, 0.1) is 5.69 Å². The van der Waals surface area contributed by atoms with Crippen LogP contribution < -0.4 is 5.73 Å². The maximum absolute atomic E-state index is 12.1. The number of oxazole rings is 1. The first-order chi connectivity index (χ1) is 10.1. The number of anilines is 1. The lowest BCUT2D eigenvalue weighted by Gasteiger charge is -1.99. The van der Waals surface area contributed by atoms with E-state index < -0.39 is 0 Å². The van der Waals surface area contributed by atoms with Crippen molar-refractivity contribution in [1.82, 2.24) is 4.98 Å². The summed E-state index contributed by atoms with van der Waals surface area (Å²) in [6.07, 6.45) is 0.844. The van der Waals surface area contributed by atoms with E-state index in [-0.39, 0.29) is 5.78 Å². The van der Waals surface area contributed by atoms with Crippen LogP contribution in [-0.4, -0.2) is 10.8 Å². The van der Waals surface area contributed by atoms with Gasteiger partial charge in [-0.1, -0.05) is 35.9 Å². The Morgan fingerprint density at radius 3 is 2.67 bits per heavy atom. The van der Waals surface area contributed by atoms with Crippen molar-refractivity contribution in [2.24, 2.45) is 0 Å². The molecule has 4 nitrogen and oxygen atoms in total. The van der Waals surface area contributed by atoms with Gasteiger partial charge >= 0.3 is 0 Å². The molecule has 1 aromatic heterocycles. The lowest BCUT2D eigenvalue weighted by Crippen LogP contribution is -2.01. The van der Waals surface area contributed by atoms with E-state index in [1.54, 1.807) is 6.07 Å². The van der Waals surface area contributed by atoms with E-state index in [0.29, 0.717) is 35.5 Å². The Bertz CT molecular complexity index is 788. The molecule has 0 fully saturated rings. The molecule has 21 heavy (non-hydrogen) atoms. The predicted molar refractivity (Wildman–Crippen MR) is 82.3 cm³/mol. The number of ketones is 1. The van der Waals surface area contributed by atoms with Crippen LogP contribution in [0.25, 0.3) is 11.1 Å². The quantitative estimate of drug-likeness (QED) is 0.586. The third-order valence-electron chi connectivity index (χ3n) is 3.43. The Morgan fingerprint density at radius 1 is 1.19 bits per heavy atom. The molecule has 2 N–H and O–H groups in total. The van der Waals surface area contributed by atoms with Crippen LogP contribution in [0.4, 0.5) is 5.69 Å². The molecule has 0 saturated carbocycles. The smallest absolute Gasteiger partial charge is 0.196 e. The molecule has 0 bridgehead atoms. The fraction of sp³-hybridized carbons (Fsp3) is 0.176. The molecule has 3 rings (SSSR count). The molecule has 0 radical (unpaired) electrons. The second kappa shape index (κ2) is 5.40. The van der Waals surface area contributed by atoms with Gasteiger partial charge in [0, 0.05) is 18.4 Å². The minimum Gasteiger partial charge on any atom is -0.441 e. The van der Waals surface area contributed by atoms with Gasteiger partial charge in [-0.05, 0) is 19.1 Å². The maximum atomic E-state index is 12.1. The molecular formula is C17H16N2O2. The van der Waals surface area contributed by atoms with Gasteiger partial charge in [-0.25, -0.2) is 4.98 Å². The SMILES string of the molecule is Cc1ccc(C(=O)CCc2nc3c(N)cccc3o2)cc1. The number of nitrogens with zero attached hydrogens (tertiary/aromatic N) is 1. The van der Waals surface area contributed by atoms with Crippen LogP contribution in [0.3, 0.4) is 0 Å². The molecule has 0 amide bonds. The molecule has 106 valence electrons. The third kappa shape index (κ3) is 2.79. The summed E-state index contributed by atoms with van der Waals surface area (Å²) in [5.74, 6) is 0.633. The number of nitrogen functional groups attached to an aromatic ring is 1. The monoisotopic (exact) mass is 280 g/mol. The van der Waals surface area contributed by atoms with Crippen LogP contribution in [0.15, 0.2) is 46.9 Å². The van der Waals surface area contributed by atoms with E-state index >= 15 is 0 Å². The molecule has 1 heterocycles. The van der Waals surface area contributed by atoms with E-state index in [2.05, 4.69) is 4.98 Å². The van der Waals surface area contributed by atoms with E-state index in [4.69, 9.17) is 10.2 Å². The van der Waals surface area contributed by atoms with Gasteiger partial charge < -0.3 is 10.2 Å². The van der Waals surface area contributed by atoms with E-state index in [1.807, 2.05) is 43.3 Å². The summed E-state index contributed by atoms with van der Waals surface area (Å²) < 4.78 is 5.61. The zero-order valence-corrected chi connectivity index (χ0v) is 11.8. The average Bonchev–Trinajstić information content (AvgIpc) is 2.90. The van der Waals surface area contributed by atoms with Crippen molar-refractivity contribution in [2.75, 3.05) is 5.73 Å². The molecule has 0 unspecified atom stereocenters. The summed E-state index contributed by atoms with van der Waals surface area (Å²) in [4.78, 5) is 16.5. The summed E-state index contributed by atoms with van der Waals surface area (Å²) in [6.45, 7) is 2.00. The number of carbonyl (C=O) groups is 1. The number of rotatable bonds is 4. The maximum Gasteiger partial charge on any atom is 0.196 e. The van der Waals surface area contributed by atoms with Crippen molar-refractivity contribution in [3.8, 4) is 0 Å². The lowest BCUT2D eigenvalue weighted by molar-refractivity contribution is 0.0980. The summed E-state index contributed by atoms with van der Waals surface area (Å²) in [7, 11) is 0. The van der Waals surface area contributed by atoms with Gasteiger partial charge in [0.25, 0.3) is 0 Å². The van der Waals surface area contributed by atoms with Crippen LogP contribution >= 0.6 is 0 Å². The van der Waals surface area contributed by atoms with Crippen LogP contribution in [0.2, 0.25) is 0 Å². The highest BCUT2D eigenvalue weighted by Crippen LogP contribution is 2.22. The molecule has 3 aromatic rings. The fourth-order valence-corrected chi connectivity index (χ4v) is 2.23. The fourth-order valence-electron chi connectivity index (χ4n) is 2.23. The summed E-state index contributed by atoms with van der Waals surface area (Å²) in [5.41, 5.74) is 9.61. The molecule has 0 aliphatic carbocycles. The van der Waals surface area contributed by atoms with Crippen LogP contribution in [0, 0.1) is 6.92 Å². The van der Waals surface area contributed by atoms with Gasteiger partial charge in [-0.3, -0.25) is 4.79 Å². The first-order valence-electron chi connectivity index (χ1n) is 6.87. The van der Waals surface area contributed by atoms with Crippen molar-refractivity contribution in [1.29, 1.82) is 0 Å². The van der Waals surface area contributed by atoms with Crippen molar-refractivity contribution in [2.45, 2.75) is 19.8 Å². The van der Waals surface area contributed by atoms with E-state index in [0.717, 1.165) is 11.1 Å². The first kappa shape index (κ1) is 13.4. The van der Waals surface area contributed by atoms with Crippen LogP contribution in [-0.2, 0) is 6.42 Å². The first-order valence-corrected chi connectivity index (χ1v) is 6.87. The molecule has 4 heteroatoms. The van der Waals surface area contributed by atoms with Gasteiger partial charge in [0.1, 0.15) is 5.52 Å². The standard InChI is InChI=1S/C17H16N2O2/c1-11-5-7-12(8-6-11)14(20)9-10-16-19-17-13(18)3-2-4-15(17)21-16/h2-8H,9-10,18H2,1H3. The second-order valence-corrected chi connectivity index (χ2v) is 5.09. The lowest BCUT2D eigenvalue weighted by atomic mass is 10.1. The van der Waals surface area contributed by atoms with Crippen LogP contribution in [0.1, 0.15) is 28.2 Å². The number of hydrogen-bond acceptors (Lipinski definition) is 4. The minimum absolute atomic E-state index is 0.0882. The van der Waals surface area contributed by atoms with Crippen molar-refractivity contribution in [3.63, 3.8) is 0 Å². The average molecular weight is 280 g/mol. The minimum atomic E-state index is 0.0882. The van der Waals surface area contributed by atoms with Crippen molar-refractivity contribution < 1.29 is 9.21 Å². The molecule has 0 aliphatic heterocycles. The summed E-state index contributed by atoms with van der Waals surface area (Å²) in [6, 6.07) is 13.0. The third-order valence-corrected chi connectivity index (χ3v) is 3.43. The highest BCUT2D eigenvalue weighted by molar-refractivity contribution is 5.96. The number of carbonyl (C=O) groups excluding carboxylic acids is 1. The zero-order chi connectivity index (χ0) is 14.8. The van der Waals surface area contributed by atoms with Gasteiger partial charge in [0.15, 0.2) is 17.3 Å². The molecule has 0 spiro atoms. The van der Waals surface area contributed by atoms with Gasteiger partial charge in [-0.2, -0.15) is 0 Å². The molecule has 2 aromatic carbocycles. The number of nitrogens with two attached hydrogens (primary N) is 1. The Hall–Kier alpha value is -2.62. The topological polar surface area (TPSA) is 69.1 Å². The molecule has 0 aliphatic rings. The molecule has 0 saturated heterocycles. The summed E-state index contributed by atoms with van der Waals surface area (Å²) >= 11 is 0. The normalized spacial score (nSPS) is 10.9. The number of fused-ring (bicyclic) bond motifs is 1. The Kier molecular flexibility index (Phi) is 3.44. The zero-order valence-electron chi connectivity index (χ0n) is 11.8. The van der Waals surface area contributed by atoms with Gasteiger partial charge in [0.2, 0.25) is 0 Å². The molecular weight excluding hydrogens is 264 g/mol. The second-order valence-electron chi connectivity index (χ2n) is 5.09. The van der Waals surface area contributed by atoms with E-state index in [1.165, 1.54) is 0 Å². The number of aromatic nitrogens is 1. The summed E-state index contributed by atoms with van der Waals surface area (Å²) in [5, 5.41) is 0. The predicted octanol–water partition coefficient (Wildman–Crippen LogP) is 3.53. The number of aryl methyl sites for hydroxylation is 2. The number of para-hydroxylation sites is 1. The largest absolute Gasteiger partial charge is 0.441 e. The van der Waals surface area contributed by atoms with Crippen molar-refractivity contribution in [3.05, 3.63) is 59.5 Å². The van der Waals surface area contributed by atoms with Crippen molar-refractivity contribution >= 4 is 22.6 Å². The Balaban J connectivity index is 1.72. The Labute approximate surface area is 122 Å². The number of Topliss-reactive ketones (excluding diaryl/α,β-unsaturated/α-hetero) is 1.